The van der Waals surface area contributed by atoms with Gasteiger partial charge >= 0.3 is 78.3 Å². The molecule has 0 radical (unpaired) electrons. The second-order valence-electron chi connectivity index (χ2n) is 4.03. The molecule has 2 rings (SSSR count). The van der Waals surface area contributed by atoms with E-state index in [1.54, 1.807) is 33.6 Å². The summed E-state index contributed by atoms with van der Waals surface area (Å²) in [6.07, 6.45) is 12.4. The SMILES string of the molecule is C1CCOC1.CCCCC1=[C]([Zr+2])CC=C1.[Cl-].[Cl-]. The van der Waals surface area contributed by atoms with Gasteiger partial charge in [0.1, 0.15) is 0 Å². The molecule has 4 heteroatoms. The van der Waals surface area contributed by atoms with Crippen LogP contribution in [0.3, 0.4) is 0 Å². The summed E-state index contributed by atoms with van der Waals surface area (Å²) in [7, 11) is 0. The minimum Gasteiger partial charge on any atom is -1.00 e. The van der Waals surface area contributed by atoms with Gasteiger partial charge in [0.2, 0.25) is 0 Å². The van der Waals surface area contributed by atoms with Crippen LogP contribution in [0.15, 0.2) is 21.0 Å². The monoisotopic (exact) mass is 353 g/mol. The number of hydrogen-bond donors (Lipinski definition) is 0. The Balaban J connectivity index is 0. The van der Waals surface area contributed by atoms with E-state index in [2.05, 4.69) is 19.1 Å². The number of allylic oxidation sites excluding steroid dienone is 4. The van der Waals surface area contributed by atoms with Gasteiger partial charge in [-0.15, -0.1) is 0 Å². The van der Waals surface area contributed by atoms with E-state index in [9.17, 15) is 0 Å². The van der Waals surface area contributed by atoms with Crippen molar-refractivity contribution in [3.63, 3.8) is 0 Å². The van der Waals surface area contributed by atoms with Gasteiger partial charge in [0.15, 0.2) is 0 Å². The second-order valence-corrected chi connectivity index (χ2v) is 5.52. The normalized spacial score (nSPS) is 17.1. The van der Waals surface area contributed by atoms with Crippen molar-refractivity contribution in [3.8, 4) is 0 Å². The zero-order valence-corrected chi connectivity index (χ0v) is 14.4. The number of halogens is 2. The van der Waals surface area contributed by atoms with Crippen molar-refractivity contribution < 1.29 is 54.3 Å². The summed E-state index contributed by atoms with van der Waals surface area (Å²) < 4.78 is 6.61. The molecule has 1 heterocycles. The van der Waals surface area contributed by atoms with Crippen LogP contribution in [0.2, 0.25) is 0 Å². The standard InChI is InChI=1S/C9H13.C4H8O.2ClH.Zr/c1-2-3-6-9-7-4-5-8-9;1-2-4-5-3-1;;;/h4,7H,2-3,5-6H2,1H3;1-4H2;2*1H;/q;;;;+2/p-2. The van der Waals surface area contributed by atoms with Crippen molar-refractivity contribution in [3.05, 3.63) is 21.0 Å². The van der Waals surface area contributed by atoms with Crippen LogP contribution in [0, 0.1) is 0 Å². The van der Waals surface area contributed by atoms with Gasteiger partial charge in [-0.2, -0.15) is 0 Å². The molecule has 0 unspecified atom stereocenters. The van der Waals surface area contributed by atoms with E-state index in [0.29, 0.717) is 0 Å². The molecule has 0 aromatic rings. The first kappa shape index (κ1) is 20.2. The summed E-state index contributed by atoms with van der Waals surface area (Å²) in [5.74, 6) is 0. The summed E-state index contributed by atoms with van der Waals surface area (Å²) in [6.45, 7) is 4.25. The molecule has 2 aliphatic rings. The smallest absolute Gasteiger partial charge is 1.00 e. The number of ether oxygens (including phenoxy) is 1. The Morgan fingerprint density at radius 2 is 1.88 bits per heavy atom. The third kappa shape index (κ3) is 9.48. The maximum Gasteiger partial charge on any atom is -1.00 e. The Kier molecular flexibility index (Phi) is 15.9. The molecule has 1 nitrogen and oxygen atoms in total. The van der Waals surface area contributed by atoms with Crippen molar-refractivity contribution in [2.75, 3.05) is 13.2 Å². The summed E-state index contributed by atoms with van der Waals surface area (Å²) in [5, 5.41) is 0. The van der Waals surface area contributed by atoms with Gasteiger partial charge < -0.3 is 29.6 Å². The zero-order chi connectivity index (χ0) is 10.9. The van der Waals surface area contributed by atoms with Crippen LogP contribution in [0.25, 0.3) is 0 Å². The third-order valence-electron chi connectivity index (χ3n) is 2.66. The Morgan fingerprint density at radius 3 is 2.24 bits per heavy atom. The molecule has 0 aromatic heterocycles. The van der Waals surface area contributed by atoms with Crippen molar-refractivity contribution in [2.45, 2.75) is 45.4 Å². The van der Waals surface area contributed by atoms with Crippen LogP contribution in [-0.2, 0) is 29.5 Å². The predicted octanol–water partition coefficient (Wildman–Crippen LogP) is -2.26. The van der Waals surface area contributed by atoms with Crippen molar-refractivity contribution in [1.82, 2.24) is 0 Å². The van der Waals surface area contributed by atoms with Crippen LogP contribution < -0.4 is 24.8 Å². The molecule has 97 valence electrons. The Labute approximate surface area is 133 Å². The maximum atomic E-state index is 4.94. The van der Waals surface area contributed by atoms with Crippen molar-refractivity contribution in [1.29, 1.82) is 0 Å². The Morgan fingerprint density at radius 1 is 1.24 bits per heavy atom. The van der Waals surface area contributed by atoms with Gasteiger partial charge in [0.05, 0.1) is 0 Å². The summed E-state index contributed by atoms with van der Waals surface area (Å²) in [5.41, 5.74) is 1.63. The van der Waals surface area contributed by atoms with Crippen LogP contribution in [0.4, 0.5) is 0 Å². The summed E-state index contributed by atoms with van der Waals surface area (Å²) in [4.78, 5) is 0. The van der Waals surface area contributed by atoms with E-state index in [1.165, 1.54) is 38.5 Å². The minimum absolute atomic E-state index is 0. The average Bonchev–Trinajstić information content (AvgIpc) is 2.89. The molecule has 0 spiro atoms. The van der Waals surface area contributed by atoms with E-state index in [-0.39, 0.29) is 24.8 Å². The molecule has 1 saturated heterocycles. The van der Waals surface area contributed by atoms with E-state index in [4.69, 9.17) is 4.74 Å². The molecule has 1 fully saturated rings. The van der Waals surface area contributed by atoms with Gasteiger partial charge in [0, 0.05) is 13.2 Å². The van der Waals surface area contributed by atoms with Gasteiger partial charge in [0.25, 0.3) is 0 Å². The molecule has 0 bridgehead atoms. The van der Waals surface area contributed by atoms with Crippen molar-refractivity contribution >= 4 is 0 Å². The van der Waals surface area contributed by atoms with Gasteiger partial charge in [-0.3, -0.25) is 0 Å². The van der Waals surface area contributed by atoms with Gasteiger partial charge in [-0.25, -0.2) is 0 Å². The number of hydrogen-bond acceptors (Lipinski definition) is 1. The molecular formula is C13H21Cl2OZr. The molecule has 1 aliphatic heterocycles. The first-order chi connectivity index (χ1) is 7.34. The minimum atomic E-state index is 0. The molecular weight excluding hydrogens is 334 g/mol. The fourth-order valence-corrected chi connectivity index (χ4v) is 2.46. The molecule has 0 N–H and O–H groups in total. The topological polar surface area (TPSA) is 9.23 Å². The number of rotatable bonds is 3. The summed E-state index contributed by atoms with van der Waals surface area (Å²) in [6, 6.07) is 0. The zero-order valence-electron chi connectivity index (χ0n) is 10.5. The maximum absolute atomic E-state index is 4.94. The van der Waals surface area contributed by atoms with Crippen molar-refractivity contribution in [2.24, 2.45) is 0 Å². The van der Waals surface area contributed by atoms with E-state index >= 15 is 0 Å². The van der Waals surface area contributed by atoms with Crippen LogP contribution in [0.5, 0.6) is 0 Å². The van der Waals surface area contributed by atoms with E-state index < -0.39 is 0 Å². The molecule has 0 amide bonds. The Hall–Kier alpha value is 0.903. The Bertz CT molecular complexity index is 228. The molecule has 17 heavy (non-hydrogen) atoms. The van der Waals surface area contributed by atoms with Gasteiger partial charge in [-0.1, -0.05) is 0 Å². The first-order valence-corrected chi connectivity index (χ1v) is 7.25. The average molecular weight is 355 g/mol. The van der Waals surface area contributed by atoms with Crippen LogP contribution in [0.1, 0.15) is 45.4 Å². The second kappa shape index (κ2) is 13.3. The largest absolute Gasteiger partial charge is 1.00 e. The fraction of sp³-hybridized carbons (Fsp3) is 0.692. The molecule has 0 atom stereocenters. The summed E-state index contributed by atoms with van der Waals surface area (Å²) >= 11 is 1.61. The van der Waals surface area contributed by atoms with E-state index in [1.807, 2.05) is 0 Å². The molecule has 0 saturated carbocycles. The predicted molar refractivity (Wildman–Crippen MR) is 60.4 cm³/mol. The molecule has 0 aromatic carbocycles. The first-order valence-electron chi connectivity index (χ1n) is 6.02. The number of unbranched alkanes of at least 4 members (excludes halogenated alkanes) is 1. The van der Waals surface area contributed by atoms with Crippen LogP contribution in [-0.4, -0.2) is 13.2 Å². The fourth-order valence-electron chi connectivity index (χ4n) is 1.66. The molecule has 1 aliphatic carbocycles. The quantitative estimate of drug-likeness (QED) is 0.556. The third-order valence-corrected chi connectivity index (χ3v) is 3.95. The van der Waals surface area contributed by atoms with Crippen LogP contribution >= 0.6 is 0 Å². The van der Waals surface area contributed by atoms with E-state index in [0.717, 1.165) is 13.2 Å². The van der Waals surface area contributed by atoms with Gasteiger partial charge in [-0.05, 0) is 12.8 Å².